The van der Waals surface area contributed by atoms with E-state index in [9.17, 15) is 9.18 Å². The number of halogens is 1. The fraction of sp³-hybridized carbons (Fsp3) is 0.200. The summed E-state index contributed by atoms with van der Waals surface area (Å²) in [6.45, 7) is 0.461. The predicted molar refractivity (Wildman–Crippen MR) is 98.7 cm³/mol. The first kappa shape index (κ1) is 17.8. The molecule has 0 aliphatic carbocycles. The summed E-state index contributed by atoms with van der Waals surface area (Å²) in [4.78, 5) is 14.5. The van der Waals surface area contributed by atoms with Gasteiger partial charge >= 0.3 is 0 Å². The molecule has 0 aliphatic heterocycles. The van der Waals surface area contributed by atoms with E-state index in [0.29, 0.717) is 17.9 Å². The van der Waals surface area contributed by atoms with Gasteiger partial charge in [0.05, 0.1) is 11.7 Å². The van der Waals surface area contributed by atoms with E-state index in [4.69, 9.17) is 0 Å². The lowest BCUT2D eigenvalue weighted by Crippen LogP contribution is -2.34. The van der Waals surface area contributed by atoms with Crippen molar-refractivity contribution in [1.82, 2.24) is 20.0 Å². The van der Waals surface area contributed by atoms with Crippen molar-refractivity contribution in [3.63, 3.8) is 0 Å². The van der Waals surface area contributed by atoms with Crippen molar-refractivity contribution in [2.24, 2.45) is 0 Å². The third-order valence-electron chi connectivity index (χ3n) is 4.16. The molecule has 26 heavy (non-hydrogen) atoms. The van der Waals surface area contributed by atoms with E-state index in [1.807, 2.05) is 44.4 Å². The molecule has 2 aromatic carbocycles. The summed E-state index contributed by atoms with van der Waals surface area (Å²) in [6, 6.07) is 17.8. The maximum absolute atomic E-state index is 13.3. The van der Waals surface area contributed by atoms with E-state index in [2.05, 4.69) is 15.3 Å². The van der Waals surface area contributed by atoms with Crippen LogP contribution in [0.3, 0.4) is 0 Å². The number of aromatic nitrogens is 2. The van der Waals surface area contributed by atoms with Crippen LogP contribution in [-0.2, 0) is 0 Å². The van der Waals surface area contributed by atoms with E-state index in [-0.39, 0.29) is 17.8 Å². The fourth-order valence-corrected chi connectivity index (χ4v) is 2.76. The molecular weight excluding hydrogens is 331 g/mol. The summed E-state index contributed by atoms with van der Waals surface area (Å²) in [5.74, 6) is -0.608. The first-order valence-electron chi connectivity index (χ1n) is 8.36. The number of carbonyl (C=O) groups is 1. The average molecular weight is 352 g/mol. The molecule has 134 valence electrons. The monoisotopic (exact) mass is 352 g/mol. The van der Waals surface area contributed by atoms with Crippen molar-refractivity contribution in [1.29, 1.82) is 0 Å². The van der Waals surface area contributed by atoms with E-state index < -0.39 is 0 Å². The van der Waals surface area contributed by atoms with Crippen LogP contribution in [0.5, 0.6) is 0 Å². The molecule has 0 aliphatic rings. The SMILES string of the molecule is CN(C)C(CNC(=O)c1ccn(-c2cccc(F)c2)n1)c1ccccc1. The van der Waals surface area contributed by atoms with Gasteiger partial charge in [0, 0.05) is 12.7 Å². The van der Waals surface area contributed by atoms with Gasteiger partial charge in [-0.2, -0.15) is 5.10 Å². The molecule has 6 heteroatoms. The number of benzene rings is 2. The summed E-state index contributed by atoms with van der Waals surface area (Å²) < 4.78 is 14.8. The smallest absolute Gasteiger partial charge is 0.271 e. The molecular formula is C20H21FN4O. The quantitative estimate of drug-likeness (QED) is 0.742. The lowest BCUT2D eigenvalue weighted by atomic mass is 10.1. The number of rotatable bonds is 6. The minimum Gasteiger partial charge on any atom is -0.349 e. The Hall–Kier alpha value is -2.99. The highest BCUT2D eigenvalue weighted by Gasteiger charge is 2.17. The molecule has 1 aromatic heterocycles. The number of likely N-dealkylation sites (N-methyl/N-ethyl adjacent to an activating group) is 1. The number of hydrogen-bond acceptors (Lipinski definition) is 3. The van der Waals surface area contributed by atoms with E-state index in [1.54, 1.807) is 24.4 Å². The largest absolute Gasteiger partial charge is 0.349 e. The Morgan fingerprint density at radius 1 is 1.15 bits per heavy atom. The number of carbonyl (C=O) groups excluding carboxylic acids is 1. The Kier molecular flexibility index (Phi) is 5.43. The van der Waals surface area contributed by atoms with Crippen LogP contribution in [0.15, 0.2) is 66.9 Å². The minimum absolute atomic E-state index is 0.0606. The number of nitrogens with one attached hydrogen (secondary N) is 1. The van der Waals surface area contributed by atoms with Crippen molar-refractivity contribution in [3.8, 4) is 5.69 Å². The molecule has 0 spiro atoms. The van der Waals surface area contributed by atoms with Crippen LogP contribution >= 0.6 is 0 Å². The van der Waals surface area contributed by atoms with Crippen LogP contribution in [0, 0.1) is 5.82 Å². The molecule has 5 nitrogen and oxygen atoms in total. The van der Waals surface area contributed by atoms with Crippen molar-refractivity contribution < 1.29 is 9.18 Å². The van der Waals surface area contributed by atoms with Crippen LogP contribution in [0.25, 0.3) is 5.69 Å². The second-order valence-electron chi connectivity index (χ2n) is 6.23. The zero-order chi connectivity index (χ0) is 18.5. The summed E-state index contributed by atoms with van der Waals surface area (Å²) >= 11 is 0. The van der Waals surface area contributed by atoms with Crippen LogP contribution in [0.4, 0.5) is 4.39 Å². The van der Waals surface area contributed by atoms with Gasteiger partial charge in [-0.25, -0.2) is 9.07 Å². The molecule has 0 fully saturated rings. The topological polar surface area (TPSA) is 50.2 Å². The Bertz CT molecular complexity index is 876. The van der Waals surface area contributed by atoms with Crippen molar-refractivity contribution in [2.75, 3.05) is 20.6 Å². The number of hydrogen-bond donors (Lipinski definition) is 1. The standard InChI is InChI=1S/C20H21FN4O/c1-24(2)19(15-7-4-3-5-8-15)14-22-20(26)18-11-12-25(23-18)17-10-6-9-16(21)13-17/h3-13,19H,14H2,1-2H3,(H,22,26). The van der Waals surface area contributed by atoms with Crippen LogP contribution in [0.2, 0.25) is 0 Å². The molecule has 0 radical (unpaired) electrons. The van der Waals surface area contributed by atoms with Gasteiger partial charge in [-0.05, 0) is 43.9 Å². The summed E-state index contributed by atoms with van der Waals surface area (Å²) in [5, 5.41) is 7.17. The van der Waals surface area contributed by atoms with Gasteiger partial charge in [0.2, 0.25) is 0 Å². The lowest BCUT2D eigenvalue weighted by Gasteiger charge is -2.24. The Balaban J connectivity index is 1.68. The Morgan fingerprint density at radius 3 is 2.62 bits per heavy atom. The third kappa shape index (κ3) is 4.15. The van der Waals surface area contributed by atoms with Crippen LogP contribution < -0.4 is 5.32 Å². The van der Waals surface area contributed by atoms with Crippen LogP contribution in [-0.4, -0.2) is 41.2 Å². The normalized spacial score (nSPS) is 12.2. The molecule has 0 saturated heterocycles. The molecule has 1 N–H and O–H groups in total. The zero-order valence-corrected chi connectivity index (χ0v) is 14.8. The van der Waals surface area contributed by atoms with Gasteiger partial charge in [0.1, 0.15) is 5.82 Å². The summed E-state index contributed by atoms with van der Waals surface area (Å²) in [7, 11) is 3.95. The zero-order valence-electron chi connectivity index (χ0n) is 14.8. The lowest BCUT2D eigenvalue weighted by molar-refractivity contribution is 0.0936. The average Bonchev–Trinajstić information content (AvgIpc) is 3.13. The number of nitrogens with zero attached hydrogens (tertiary/aromatic N) is 3. The molecule has 0 saturated carbocycles. The maximum atomic E-state index is 13.3. The first-order chi connectivity index (χ1) is 12.5. The van der Waals surface area contributed by atoms with Gasteiger partial charge in [0.15, 0.2) is 5.69 Å². The maximum Gasteiger partial charge on any atom is 0.271 e. The van der Waals surface area contributed by atoms with Gasteiger partial charge in [-0.1, -0.05) is 36.4 Å². The second kappa shape index (κ2) is 7.93. The summed E-state index contributed by atoms with van der Waals surface area (Å²) in [5.41, 5.74) is 1.99. The third-order valence-corrected chi connectivity index (χ3v) is 4.16. The van der Waals surface area contributed by atoms with Gasteiger partial charge in [0.25, 0.3) is 5.91 Å². The van der Waals surface area contributed by atoms with Gasteiger partial charge in [-0.3, -0.25) is 4.79 Å². The highest BCUT2D eigenvalue weighted by molar-refractivity contribution is 5.92. The highest BCUT2D eigenvalue weighted by Crippen LogP contribution is 2.17. The van der Waals surface area contributed by atoms with Crippen LogP contribution in [0.1, 0.15) is 22.1 Å². The van der Waals surface area contributed by atoms with E-state index in [1.165, 1.54) is 16.8 Å². The molecule has 1 unspecified atom stereocenters. The summed E-state index contributed by atoms with van der Waals surface area (Å²) in [6.07, 6.45) is 1.64. The molecule has 1 atom stereocenters. The van der Waals surface area contributed by atoms with Crippen molar-refractivity contribution in [3.05, 3.63) is 83.9 Å². The van der Waals surface area contributed by atoms with E-state index in [0.717, 1.165) is 5.56 Å². The van der Waals surface area contributed by atoms with E-state index >= 15 is 0 Å². The molecule has 1 heterocycles. The Labute approximate surface area is 152 Å². The molecule has 3 aromatic rings. The highest BCUT2D eigenvalue weighted by atomic mass is 19.1. The molecule has 3 rings (SSSR count). The first-order valence-corrected chi connectivity index (χ1v) is 8.36. The van der Waals surface area contributed by atoms with Crippen molar-refractivity contribution >= 4 is 5.91 Å². The van der Waals surface area contributed by atoms with Gasteiger partial charge < -0.3 is 10.2 Å². The predicted octanol–water partition coefficient (Wildman–Crippen LogP) is 3.04. The second-order valence-corrected chi connectivity index (χ2v) is 6.23. The Morgan fingerprint density at radius 2 is 1.92 bits per heavy atom. The molecule has 1 amide bonds. The van der Waals surface area contributed by atoms with Gasteiger partial charge in [-0.15, -0.1) is 0 Å². The number of amides is 1. The van der Waals surface area contributed by atoms with Crippen molar-refractivity contribution in [2.45, 2.75) is 6.04 Å². The minimum atomic E-state index is -0.347. The molecule has 0 bridgehead atoms. The fourth-order valence-electron chi connectivity index (χ4n) is 2.76.